The number of rotatable bonds is 7. The predicted molar refractivity (Wildman–Crippen MR) is 66.6 cm³/mol. The molecule has 17 heavy (non-hydrogen) atoms. The van der Waals surface area contributed by atoms with Crippen LogP contribution in [0.4, 0.5) is 5.69 Å². The first-order chi connectivity index (χ1) is 8.15. The van der Waals surface area contributed by atoms with Crippen molar-refractivity contribution in [2.24, 2.45) is 0 Å². The number of unbranched alkanes of at least 4 members (excludes halogenated alkanes) is 3. The summed E-state index contributed by atoms with van der Waals surface area (Å²) in [6, 6.07) is 0. The van der Waals surface area contributed by atoms with Crippen LogP contribution in [0.3, 0.4) is 0 Å². The van der Waals surface area contributed by atoms with Gasteiger partial charge in [-0.05, 0) is 19.8 Å². The van der Waals surface area contributed by atoms with Crippen LogP contribution in [-0.4, -0.2) is 22.3 Å². The average Bonchev–Trinajstić information content (AvgIpc) is 2.71. The summed E-state index contributed by atoms with van der Waals surface area (Å²) >= 11 is 0. The van der Waals surface area contributed by atoms with Crippen molar-refractivity contribution >= 4 is 11.7 Å². The highest BCUT2D eigenvalue weighted by molar-refractivity contribution is 5.92. The van der Waals surface area contributed by atoms with E-state index in [4.69, 9.17) is 10.5 Å². The molecular weight excluding hydrogens is 218 g/mol. The first-order valence-corrected chi connectivity index (χ1v) is 6.15. The molecule has 0 aliphatic heterocycles. The summed E-state index contributed by atoms with van der Waals surface area (Å²) in [6.07, 6.45) is 6.92. The van der Waals surface area contributed by atoms with Gasteiger partial charge in [0.15, 0.2) is 5.69 Å². The fraction of sp³-hybridized carbons (Fsp3) is 0.667. The molecule has 0 saturated heterocycles. The molecule has 1 unspecified atom stereocenters. The Balaban J connectivity index is 2.29. The second-order valence-corrected chi connectivity index (χ2v) is 4.27. The molecule has 0 aliphatic carbocycles. The quantitative estimate of drug-likeness (QED) is 0.566. The van der Waals surface area contributed by atoms with Crippen molar-refractivity contribution in [1.82, 2.24) is 10.2 Å². The monoisotopic (exact) mass is 239 g/mol. The van der Waals surface area contributed by atoms with Crippen LogP contribution in [0.25, 0.3) is 0 Å². The molecule has 1 heterocycles. The van der Waals surface area contributed by atoms with Gasteiger partial charge < -0.3 is 10.5 Å². The number of hydrogen-bond donors (Lipinski definition) is 2. The highest BCUT2D eigenvalue weighted by atomic mass is 16.5. The highest BCUT2D eigenvalue weighted by Gasteiger charge is 2.16. The average molecular weight is 239 g/mol. The number of H-pyrrole nitrogens is 1. The topological polar surface area (TPSA) is 81.0 Å². The Kier molecular flexibility index (Phi) is 5.52. The molecule has 0 saturated carbocycles. The van der Waals surface area contributed by atoms with Crippen LogP contribution in [-0.2, 0) is 4.74 Å². The van der Waals surface area contributed by atoms with Crippen molar-refractivity contribution in [3.63, 3.8) is 0 Å². The fourth-order valence-corrected chi connectivity index (χ4v) is 1.62. The van der Waals surface area contributed by atoms with Crippen LogP contribution in [0.1, 0.15) is 56.4 Å². The molecule has 1 atom stereocenters. The molecule has 3 N–H and O–H groups in total. The standard InChI is InChI=1S/C12H21N3O2/c1-3-4-5-6-7-9(2)17-12(16)11-10(13)8-14-15-11/h8-9H,3-7,13H2,1-2H3,(H,14,15). The van der Waals surface area contributed by atoms with Crippen molar-refractivity contribution in [3.05, 3.63) is 11.9 Å². The normalized spacial score (nSPS) is 12.4. The number of hydrogen-bond acceptors (Lipinski definition) is 4. The van der Waals surface area contributed by atoms with Gasteiger partial charge in [0.25, 0.3) is 0 Å². The van der Waals surface area contributed by atoms with Crippen molar-refractivity contribution in [3.8, 4) is 0 Å². The van der Waals surface area contributed by atoms with E-state index in [1.807, 2.05) is 6.92 Å². The first-order valence-electron chi connectivity index (χ1n) is 6.15. The lowest BCUT2D eigenvalue weighted by Gasteiger charge is -2.12. The zero-order chi connectivity index (χ0) is 12.7. The van der Waals surface area contributed by atoms with Gasteiger partial charge in [0.2, 0.25) is 0 Å². The largest absolute Gasteiger partial charge is 0.458 e. The predicted octanol–water partition coefficient (Wildman–Crippen LogP) is 2.51. The second-order valence-electron chi connectivity index (χ2n) is 4.27. The van der Waals surface area contributed by atoms with E-state index in [1.165, 1.54) is 25.5 Å². The first kappa shape index (κ1) is 13.5. The van der Waals surface area contributed by atoms with Crippen LogP contribution in [0.2, 0.25) is 0 Å². The third-order valence-corrected chi connectivity index (χ3v) is 2.65. The van der Waals surface area contributed by atoms with Gasteiger partial charge in [-0.15, -0.1) is 0 Å². The van der Waals surface area contributed by atoms with Gasteiger partial charge in [-0.3, -0.25) is 5.10 Å². The van der Waals surface area contributed by atoms with E-state index in [9.17, 15) is 4.79 Å². The summed E-state index contributed by atoms with van der Waals surface area (Å²) in [4.78, 5) is 11.7. The van der Waals surface area contributed by atoms with Gasteiger partial charge in [-0.2, -0.15) is 5.10 Å². The van der Waals surface area contributed by atoms with Crippen molar-refractivity contribution in [1.29, 1.82) is 0 Å². The van der Waals surface area contributed by atoms with Gasteiger partial charge in [-0.25, -0.2) is 4.79 Å². The number of nitrogens with two attached hydrogens (primary N) is 1. The van der Waals surface area contributed by atoms with E-state index >= 15 is 0 Å². The molecule has 96 valence electrons. The molecule has 0 spiro atoms. The molecule has 0 aliphatic rings. The maximum Gasteiger partial charge on any atom is 0.358 e. The molecule has 1 rings (SSSR count). The summed E-state index contributed by atoms with van der Waals surface area (Å²) in [5.41, 5.74) is 6.13. The summed E-state index contributed by atoms with van der Waals surface area (Å²) < 4.78 is 5.27. The number of nitrogens with one attached hydrogen (secondary N) is 1. The van der Waals surface area contributed by atoms with E-state index in [1.54, 1.807) is 0 Å². The molecule has 0 bridgehead atoms. The Bertz CT molecular complexity index is 349. The molecule has 1 aromatic heterocycles. The Morgan fingerprint density at radius 1 is 1.53 bits per heavy atom. The van der Waals surface area contributed by atoms with Gasteiger partial charge in [0.05, 0.1) is 18.0 Å². The summed E-state index contributed by atoms with van der Waals surface area (Å²) in [5, 5.41) is 6.22. The van der Waals surface area contributed by atoms with Crippen molar-refractivity contribution in [2.75, 3.05) is 5.73 Å². The number of carbonyl (C=O) groups is 1. The molecule has 0 fully saturated rings. The number of esters is 1. The lowest BCUT2D eigenvalue weighted by Crippen LogP contribution is -2.16. The van der Waals surface area contributed by atoms with Crippen LogP contribution in [0.5, 0.6) is 0 Å². The highest BCUT2D eigenvalue weighted by Crippen LogP contribution is 2.12. The van der Waals surface area contributed by atoms with Crippen LogP contribution < -0.4 is 5.73 Å². The zero-order valence-corrected chi connectivity index (χ0v) is 10.5. The number of carbonyl (C=O) groups excluding carboxylic acids is 1. The van der Waals surface area contributed by atoms with Gasteiger partial charge in [0, 0.05) is 0 Å². The zero-order valence-electron chi connectivity index (χ0n) is 10.5. The lowest BCUT2D eigenvalue weighted by atomic mass is 10.1. The Hall–Kier alpha value is -1.52. The van der Waals surface area contributed by atoms with E-state index in [-0.39, 0.29) is 11.8 Å². The minimum Gasteiger partial charge on any atom is -0.458 e. The number of anilines is 1. The van der Waals surface area contributed by atoms with E-state index in [0.717, 1.165) is 12.8 Å². The van der Waals surface area contributed by atoms with Crippen molar-refractivity contribution < 1.29 is 9.53 Å². The van der Waals surface area contributed by atoms with Gasteiger partial charge in [0.1, 0.15) is 0 Å². The van der Waals surface area contributed by atoms with E-state index in [2.05, 4.69) is 17.1 Å². The van der Waals surface area contributed by atoms with Crippen molar-refractivity contribution in [2.45, 2.75) is 52.1 Å². The molecule has 0 aromatic carbocycles. The Labute approximate surface area is 102 Å². The minimum atomic E-state index is -0.428. The summed E-state index contributed by atoms with van der Waals surface area (Å²) in [7, 11) is 0. The molecule has 5 nitrogen and oxygen atoms in total. The third-order valence-electron chi connectivity index (χ3n) is 2.65. The number of ether oxygens (including phenoxy) is 1. The fourth-order valence-electron chi connectivity index (χ4n) is 1.62. The van der Waals surface area contributed by atoms with Crippen LogP contribution >= 0.6 is 0 Å². The Morgan fingerprint density at radius 2 is 2.29 bits per heavy atom. The molecule has 0 radical (unpaired) electrons. The Morgan fingerprint density at radius 3 is 2.88 bits per heavy atom. The number of nitrogen functional groups attached to an aromatic ring is 1. The van der Waals surface area contributed by atoms with E-state index < -0.39 is 5.97 Å². The molecule has 1 aromatic rings. The second kappa shape index (κ2) is 6.93. The number of nitrogens with zero attached hydrogens (tertiary/aromatic N) is 1. The molecule has 5 heteroatoms. The lowest BCUT2D eigenvalue weighted by molar-refractivity contribution is 0.0313. The third kappa shape index (κ3) is 4.46. The summed E-state index contributed by atoms with van der Waals surface area (Å²) in [6.45, 7) is 4.07. The van der Waals surface area contributed by atoms with Crippen LogP contribution in [0.15, 0.2) is 6.20 Å². The van der Waals surface area contributed by atoms with Gasteiger partial charge in [-0.1, -0.05) is 26.2 Å². The molecule has 0 amide bonds. The summed E-state index contributed by atoms with van der Waals surface area (Å²) in [5.74, 6) is -0.428. The maximum absolute atomic E-state index is 11.7. The minimum absolute atomic E-state index is 0.0814. The maximum atomic E-state index is 11.7. The van der Waals surface area contributed by atoms with Crippen LogP contribution in [0, 0.1) is 0 Å². The van der Waals surface area contributed by atoms with E-state index in [0.29, 0.717) is 5.69 Å². The number of aromatic amines is 1. The molecular formula is C12H21N3O2. The SMILES string of the molecule is CCCCCCC(C)OC(=O)c1[nH]ncc1N. The van der Waals surface area contributed by atoms with Gasteiger partial charge >= 0.3 is 5.97 Å². The number of aromatic nitrogens is 2. The smallest absolute Gasteiger partial charge is 0.358 e.